The fraction of sp³-hybridized carbons (Fsp3) is 0.412. The van der Waals surface area contributed by atoms with Crippen molar-refractivity contribution < 1.29 is 4.79 Å². The standard InChI is InChI=1S/C17H18N2O/c20-17(19-16(12-5-6-12)13-7-8-13)15-10-9-11-3-1-2-4-14(11)18-15/h1-4,9-10,12-13,16H,5-8H2,(H,19,20). The van der Waals surface area contributed by atoms with E-state index in [1.165, 1.54) is 25.7 Å². The van der Waals surface area contributed by atoms with Crippen LogP contribution in [0.15, 0.2) is 36.4 Å². The van der Waals surface area contributed by atoms with Gasteiger partial charge in [-0.25, -0.2) is 4.98 Å². The molecule has 1 amide bonds. The fourth-order valence-electron chi connectivity index (χ4n) is 2.95. The van der Waals surface area contributed by atoms with Crippen LogP contribution in [-0.2, 0) is 0 Å². The highest BCUT2D eigenvalue weighted by Gasteiger charge is 2.42. The first-order chi connectivity index (χ1) is 9.81. The van der Waals surface area contributed by atoms with Crippen LogP contribution in [0.1, 0.15) is 36.2 Å². The monoisotopic (exact) mass is 266 g/mol. The zero-order chi connectivity index (χ0) is 13.5. The normalized spacial score (nSPS) is 18.4. The molecule has 0 bridgehead atoms. The summed E-state index contributed by atoms with van der Waals surface area (Å²) in [4.78, 5) is 16.9. The Morgan fingerprint density at radius 1 is 1.05 bits per heavy atom. The van der Waals surface area contributed by atoms with Crippen molar-refractivity contribution >= 4 is 16.8 Å². The molecular formula is C17H18N2O. The molecule has 0 unspecified atom stereocenters. The SMILES string of the molecule is O=C(NC(C1CC1)C1CC1)c1ccc2ccccc2n1. The Labute approximate surface area is 118 Å². The number of nitrogens with one attached hydrogen (secondary N) is 1. The maximum Gasteiger partial charge on any atom is 0.270 e. The number of para-hydroxylation sites is 1. The van der Waals surface area contributed by atoms with Gasteiger partial charge in [-0.2, -0.15) is 0 Å². The third-order valence-electron chi connectivity index (χ3n) is 4.39. The van der Waals surface area contributed by atoms with Crippen molar-refractivity contribution in [2.45, 2.75) is 31.7 Å². The molecule has 3 nitrogen and oxygen atoms in total. The number of hydrogen-bond acceptors (Lipinski definition) is 2. The minimum absolute atomic E-state index is 0.0143. The van der Waals surface area contributed by atoms with Crippen LogP contribution in [0.25, 0.3) is 10.9 Å². The van der Waals surface area contributed by atoms with Gasteiger partial charge >= 0.3 is 0 Å². The summed E-state index contributed by atoms with van der Waals surface area (Å²) in [6.45, 7) is 0. The molecule has 2 saturated carbocycles. The second-order valence-electron chi connectivity index (χ2n) is 6.06. The smallest absolute Gasteiger partial charge is 0.270 e. The molecule has 0 radical (unpaired) electrons. The zero-order valence-electron chi connectivity index (χ0n) is 11.4. The second kappa shape index (κ2) is 4.58. The molecule has 1 aromatic carbocycles. The summed E-state index contributed by atoms with van der Waals surface area (Å²) in [6.07, 6.45) is 5.08. The second-order valence-corrected chi connectivity index (χ2v) is 6.06. The number of aromatic nitrogens is 1. The number of rotatable bonds is 4. The number of amides is 1. The van der Waals surface area contributed by atoms with Crippen molar-refractivity contribution in [2.75, 3.05) is 0 Å². The summed E-state index contributed by atoms with van der Waals surface area (Å²) in [5.41, 5.74) is 1.42. The molecule has 0 spiro atoms. The molecule has 0 aliphatic heterocycles. The first-order valence-corrected chi connectivity index (χ1v) is 7.48. The molecule has 0 atom stereocenters. The molecule has 2 aliphatic carbocycles. The van der Waals surface area contributed by atoms with Gasteiger partial charge in [0.1, 0.15) is 5.69 Å². The highest BCUT2D eigenvalue weighted by atomic mass is 16.1. The Balaban J connectivity index is 1.56. The first kappa shape index (κ1) is 11.9. The average molecular weight is 266 g/mol. The van der Waals surface area contributed by atoms with Gasteiger partial charge in [-0.15, -0.1) is 0 Å². The first-order valence-electron chi connectivity index (χ1n) is 7.48. The van der Waals surface area contributed by atoms with E-state index in [2.05, 4.69) is 10.3 Å². The number of carbonyl (C=O) groups excluding carboxylic acids is 1. The van der Waals surface area contributed by atoms with Crippen LogP contribution in [0, 0.1) is 11.8 Å². The predicted molar refractivity (Wildman–Crippen MR) is 78.4 cm³/mol. The lowest BCUT2D eigenvalue weighted by molar-refractivity contribution is 0.0921. The molecule has 1 N–H and O–H groups in total. The molecule has 0 saturated heterocycles. The van der Waals surface area contributed by atoms with Crippen LogP contribution in [0.5, 0.6) is 0 Å². The van der Waals surface area contributed by atoms with E-state index in [0.717, 1.165) is 10.9 Å². The van der Waals surface area contributed by atoms with Crippen LogP contribution in [-0.4, -0.2) is 16.9 Å². The summed E-state index contributed by atoms with van der Waals surface area (Å²) in [5.74, 6) is 1.42. The van der Waals surface area contributed by atoms with Crippen molar-refractivity contribution in [1.29, 1.82) is 0 Å². The van der Waals surface area contributed by atoms with E-state index in [0.29, 0.717) is 23.6 Å². The number of benzene rings is 1. The van der Waals surface area contributed by atoms with Crippen molar-refractivity contribution in [3.05, 3.63) is 42.1 Å². The largest absolute Gasteiger partial charge is 0.347 e. The summed E-state index contributed by atoms with van der Waals surface area (Å²) < 4.78 is 0. The van der Waals surface area contributed by atoms with Crippen molar-refractivity contribution in [3.63, 3.8) is 0 Å². The summed E-state index contributed by atoms with van der Waals surface area (Å²) in [7, 11) is 0. The van der Waals surface area contributed by atoms with E-state index in [9.17, 15) is 4.79 Å². The Kier molecular flexibility index (Phi) is 2.72. The molecule has 4 rings (SSSR count). The van der Waals surface area contributed by atoms with E-state index in [1.807, 2.05) is 36.4 Å². The lowest BCUT2D eigenvalue weighted by Crippen LogP contribution is -2.38. The number of hydrogen-bond donors (Lipinski definition) is 1. The molecule has 102 valence electrons. The van der Waals surface area contributed by atoms with Crippen LogP contribution in [0.3, 0.4) is 0 Å². The molecule has 2 fully saturated rings. The van der Waals surface area contributed by atoms with Crippen molar-refractivity contribution in [2.24, 2.45) is 11.8 Å². The predicted octanol–water partition coefficient (Wildman–Crippen LogP) is 3.15. The molecule has 2 aromatic rings. The van der Waals surface area contributed by atoms with Crippen LogP contribution >= 0.6 is 0 Å². The van der Waals surface area contributed by atoms with E-state index in [1.54, 1.807) is 0 Å². The number of carbonyl (C=O) groups is 1. The van der Waals surface area contributed by atoms with Gasteiger partial charge < -0.3 is 5.32 Å². The maximum absolute atomic E-state index is 12.4. The number of nitrogens with zero attached hydrogens (tertiary/aromatic N) is 1. The maximum atomic E-state index is 12.4. The Hall–Kier alpha value is -1.90. The van der Waals surface area contributed by atoms with Gasteiger partial charge in [-0.3, -0.25) is 4.79 Å². The van der Waals surface area contributed by atoms with Crippen molar-refractivity contribution in [3.8, 4) is 0 Å². The lowest BCUT2D eigenvalue weighted by atomic mass is 10.1. The Morgan fingerprint density at radius 2 is 1.75 bits per heavy atom. The van der Waals surface area contributed by atoms with Crippen LogP contribution in [0.2, 0.25) is 0 Å². The van der Waals surface area contributed by atoms with Gasteiger partial charge in [-0.05, 0) is 49.7 Å². The summed E-state index contributed by atoms with van der Waals surface area (Å²) in [6, 6.07) is 12.1. The minimum Gasteiger partial charge on any atom is -0.347 e. The zero-order valence-corrected chi connectivity index (χ0v) is 11.4. The molecular weight excluding hydrogens is 248 g/mol. The van der Waals surface area contributed by atoms with Gasteiger partial charge in [0.15, 0.2) is 0 Å². The third kappa shape index (κ3) is 2.28. The third-order valence-corrected chi connectivity index (χ3v) is 4.39. The van der Waals surface area contributed by atoms with Crippen LogP contribution < -0.4 is 5.32 Å². The molecule has 1 heterocycles. The summed E-state index contributed by atoms with van der Waals surface area (Å²) in [5, 5.41) is 4.29. The van der Waals surface area contributed by atoms with Gasteiger partial charge in [0.2, 0.25) is 0 Å². The summed E-state index contributed by atoms with van der Waals surface area (Å²) >= 11 is 0. The van der Waals surface area contributed by atoms with E-state index in [-0.39, 0.29) is 5.91 Å². The molecule has 20 heavy (non-hydrogen) atoms. The number of fused-ring (bicyclic) bond motifs is 1. The molecule has 2 aliphatic rings. The minimum atomic E-state index is -0.0143. The Morgan fingerprint density at radius 3 is 2.45 bits per heavy atom. The van der Waals surface area contributed by atoms with E-state index >= 15 is 0 Å². The van der Waals surface area contributed by atoms with E-state index < -0.39 is 0 Å². The van der Waals surface area contributed by atoms with Gasteiger partial charge in [-0.1, -0.05) is 24.3 Å². The van der Waals surface area contributed by atoms with Gasteiger partial charge in [0.25, 0.3) is 5.91 Å². The average Bonchev–Trinajstić information content (AvgIpc) is 3.37. The van der Waals surface area contributed by atoms with Crippen molar-refractivity contribution in [1.82, 2.24) is 10.3 Å². The quantitative estimate of drug-likeness (QED) is 0.923. The van der Waals surface area contributed by atoms with E-state index in [4.69, 9.17) is 0 Å². The van der Waals surface area contributed by atoms with Gasteiger partial charge in [0, 0.05) is 11.4 Å². The molecule has 3 heteroatoms. The Bertz CT molecular complexity index is 647. The topological polar surface area (TPSA) is 42.0 Å². The highest BCUT2D eigenvalue weighted by Crippen LogP contribution is 2.44. The van der Waals surface area contributed by atoms with Gasteiger partial charge in [0.05, 0.1) is 5.52 Å². The fourth-order valence-corrected chi connectivity index (χ4v) is 2.95. The number of pyridine rings is 1. The van der Waals surface area contributed by atoms with Crippen LogP contribution in [0.4, 0.5) is 0 Å². The highest BCUT2D eigenvalue weighted by molar-refractivity contribution is 5.95. The lowest BCUT2D eigenvalue weighted by Gasteiger charge is -2.17. The molecule has 1 aromatic heterocycles.